The van der Waals surface area contributed by atoms with Crippen LogP contribution in [0, 0.1) is 23.1 Å². The fourth-order valence-corrected chi connectivity index (χ4v) is 2.28. The van der Waals surface area contributed by atoms with Crippen molar-refractivity contribution in [2.24, 2.45) is 5.92 Å². The number of hydrogen-bond acceptors (Lipinski definition) is 2. The van der Waals surface area contributed by atoms with Gasteiger partial charge in [-0.3, -0.25) is 4.90 Å². The Kier molecular flexibility index (Phi) is 4.55. The Labute approximate surface area is 114 Å². The van der Waals surface area contributed by atoms with Crippen LogP contribution in [-0.2, 0) is 6.54 Å². The molecule has 2 rings (SSSR count). The Bertz CT molecular complexity index is 472. The number of nitrogens with zero attached hydrogens (tertiary/aromatic N) is 2. The molecule has 0 aromatic heterocycles. The van der Waals surface area contributed by atoms with Gasteiger partial charge in [0.15, 0.2) is 0 Å². The normalized spacial score (nSPS) is 14.9. The zero-order chi connectivity index (χ0) is 13.8. The number of hydrogen-bond donors (Lipinski definition) is 0. The molecule has 0 atom stereocenters. The van der Waals surface area contributed by atoms with E-state index in [0.717, 1.165) is 18.5 Å². The first-order chi connectivity index (χ1) is 9.10. The molecule has 0 heterocycles. The van der Waals surface area contributed by atoms with Crippen LogP contribution < -0.4 is 0 Å². The predicted octanol–water partition coefficient (Wildman–Crippen LogP) is 3.71. The second kappa shape index (κ2) is 6.16. The van der Waals surface area contributed by atoms with Crippen LogP contribution >= 0.6 is 0 Å². The average molecular weight is 260 g/mol. The van der Waals surface area contributed by atoms with E-state index in [9.17, 15) is 4.39 Å². The number of nitriles is 1. The van der Waals surface area contributed by atoms with Crippen molar-refractivity contribution in [1.29, 1.82) is 5.26 Å². The second-order valence-corrected chi connectivity index (χ2v) is 5.80. The minimum atomic E-state index is -0.256. The summed E-state index contributed by atoms with van der Waals surface area (Å²) < 4.78 is 13.3. The van der Waals surface area contributed by atoms with Gasteiger partial charge < -0.3 is 0 Å². The largest absolute Gasteiger partial charge is 0.296 e. The highest BCUT2D eigenvalue weighted by atomic mass is 19.1. The quantitative estimate of drug-likeness (QED) is 0.779. The summed E-state index contributed by atoms with van der Waals surface area (Å²) in [4.78, 5) is 2.40. The molecule has 0 saturated heterocycles. The molecule has 0 radical (unpaired) electrons. The lowest BCUT2D eigenvalue weighted by Gasteiger charge is -2.23. The molecule has 1 fully saturated rings. The van der Waals surface area contributed by atoms with E-state index in [1.165, 1.54) is 25.0 Å². The first-order valence-electron chi connectivity index (χ1n) is 7.02. The van der Waals surface area contributed by atoms with Gasteiger partial charge >= 0.3 is 0 Å². The van der Waals surface area contributed by atoms with Gasteiger partial charge in [-0.2, -0.15) is 5.26 Å². The Balaban J connectivity index is 2.08. The van der Waals surface area contributed by atoms with E-state index in [1.54, 1.807) is 6.07 Å². The fourth-order valence-electron chi connectivity index (χ4n) is 2.28. The number of benzene rings is 1. The molecular weight excluding hydrogens is 239 g/mol. The SMILES string of the molecule is CC(C)CCN(Cc1cc(F)ccc1C#N)C1CC1. The van der Waals surface area contributed by atoms with Crippen LogP contribution in [0.3, 0.4) is 0 Å². The van der Waals surface area contributed by atoms with Gasteiger partial charge in [0.2, 0.25) is 0 Å². The van der Waals surface area contributed by atoms with Gasteiger partial charge in [0.1, 0.15) is 5.82 Å². The van der Waals surface area contributed by atoms with E-state index in [2.05, 4.69) is 24.8 Å². The number of rotatable bonds is 6. The Morgan fingerprint density at radius 2 is 2.16 bits per heavy atom. The van der Waals surface area contributed by atoms with Crippen molar-refractivity contribution >= 4 is 0 Å². The van der Waals surface area contributed by atoms with E-state index in [4.69, 9.17) is 5.26 Å². The topological polar surface area (TPSA) is 27.0 Å². The summed E-state index contributed by atoms with van der Waals surface area (Å²) in [6.07, 6.45) is 3.61. The van der Waals surface area contributed by atoms with Gasteiger partial charge in [-0.25, -0.2) is 4.39 Å². The Morgan fingerprint density at radius 3 is 2.74 bits per heavy atom. The van der Waals surface area contributed by atoms with E-state index >= 15 is 0 Å². The summed E-state index contributed by atoms with van der Waals surface area (Å²) in [7, 11) is 0. The lowest BCUT2D eigenvalue weighted by molar-refractivity contribution is 0.239. The highest BCUT2D eigenvalue weighted by molar-refractivity contribution is 5.37. The molecule has 0 spiro atoms. The highest BCUT2D eigenvalue weighted by Gasteiger charge is 2.29. The molecule has 1 aliphatic rings. The summed E-state index contributed by atoms with van der Waals surface area (Å²) in [5.41, 5.74) is 1.41. The van der Waals surface area contributed by atoms with Crippen LogP contribution in [0.25, 0.3) is 0 Å². The maximum absolute atomic E-state index is 13.3. The summed E-state index contributed by atoms with van der Waals surface area (Å²) in [6, 6.07) is 7.24. The third-order valence-corrected chi connectivity index (χ3v) is 3.62. The third kappa shape index (κ3) is 4.04. The van der Waals surface area contributed by atoms with Crippen LogP contribution in [0.5, 0.6) is 0 Å². The fraction of sp³-hybridized carbons (Fsp3) is 0.562. The van der Waals surface area contributed by atoms with Crippen LogP contribution in [-0.4, -0.2) is 17.5 Å². The second-order valence-electron chi connectivity index (χ2n) is 5.80. The highest BCUT2D eigenvalue weighted by Crippen LogP contribution is 2.29. The van der Waals surface area contributed by atoms with Gasteiger partial charge in [-0.15, -0.1) is 0 Å². The molecule has 102 valence electrons. The summed E-state index contributed by atoms with van der Waals surface area (Å²) in [5, 5.41) is 9.10. The van der Waals surface area contributed by atoms with Gasteiger partial charge in [0.05, 0.1) is 11.6 Å². The molecule has 3 heteroatoms. The molecule has 0 N–H and O–H groups in total. The van der Waals surface area contributed by atoms with E-state index < -0.39 is 0 Å². The molecule has 2 nitrogen and oxygen atoms in total. The molecule has 1 aromatic rings. The number of halogens is 1. The van der Waals surface area contributed by atoms with Crippen LogP contribution in [0.4, 0.5) is 4.39 Å². The maximum atomic E-state index is 13.3. The lowest BCUT2D eigenvalue weighted by Crippen LogP contribution is -2.28. The summed E-state index contributed by atoms with van der Waals surface area (Å²) in [6.45, 7) is 6.16. The summed E-state index contributed by atoms with van der Waals surface area (Å²) >= 11 is 0. The predicted molar refractivity (Wildman–Crippen MR) is 74.0 cm³/mol. The van der Waals surface area contributed by atoms with Crippen LogP contribution in [0.2, 0.25) is 0 Å². The lowest BCUT2D eigenvalue weighted by atomic mass is 10.1. The summed E-state index contributed by atoms with van der Waals surface area (Å²) in [5.74, 6) is 0.415. The van der Waals surface area contributed by atoms with Crippen molar-refractivity contribution in [3.8, 4) is 6.07 Å². The van der Waals surface area contributed by atoms with Crippen molar-refractivity contribution in [1.82, 2.24) is 4.90 Å². The molecule has 1 aromatic carbocycles. The monoisotopic (exact) mass is 260 g/mol. The smallest absolute Gasteiger partial charge is 0.123 e. The first-order valence-corrected chi connectivity index (χ1v) is 7.02. The minimum absolute atomic E-state index is 0.256. The standard InChI is InChI=1S/C16H21FN2/c1-12(2)7-8-19(16-5-6-16)11-14-9-15(17)4-3-13(14)10-18/h3-4,9,12,16H,5-8,11H2,1-2H3. The maximum Gasteiger partial charge on any atom is 0.123 e. The zero-order valence-electron chi connectivity index (χ0n) is 11.7. The van der Waals surface area contributed by atoms with Gasteiger partial charge in [0, 0.05) is 12.6 Å². The molecule has 0 bridgehead atoms. The van der Waals surface area contributed by atoms with Crippen molar-refractivity contribution in [3.05, 3.63) is 35.1 Å². The average Bonchev–Trinajstić information content (AvgIpc) is 3.18. The van der Waals surface area contributed by atoms with Crippen molar-refractivity contribution < 1.29 is 4.39 Å². The van der Waals surface area contributed by atoms with Crippen molar-refractivity contribution in [2.75, 3.05) is 6.54 Å². The molecular formula is C16H21FN2. The molecule has 0 unspecified atom stereocenters. The first kappa shape index (κ1) is 14.0. The van der Waals surface area contributed by atoms with Gasteiger partial charge in [0.25, 0.3) is 0 Å². The zero-order valence-corrected chi connectivity index (χ0v) is 11.7. The molecule has 0 aliphatic heterocycles. The van der Waals surface area contributed by atoms with Crippen LogP contribution in [0.15, 0.2) is 18.2 Å². The Hall–Kier alpha value is -1.40. The third-order valence-electron chi connectivity index (χ3n) is 3.62. The van der Waals surface area contributed by atoms with Crippen LogP contribution in [0.1, 0.15) is 44.2 Å². The Morgan fingerprint density at radius 1 is 1.42 bits per heavy atom. The van der Waals surface area contributed by atoms with Gasteiger partial charge in [-0.05, 0) is 55.5 Å². The molecule has 1 saturated carbocycles. The van der Waals surface area contributed by atoms with E-state index in [-0.39, 0.29) is 5.82 Å². The molecule has 1 aliphatic carbocycles. The van der Waals surface area contributed by atoms with Crippen molar-refractivity contribution in [3.63, 3.8) is 0 Å². The minimum Gasteiger partial charge on any atom is -0.296 e. The van der Waals surface area contributed by atoms with E-state index in [0.29, 0.717) is 24.1 Å². The van der Waals surface area contributed by atoms with Gasteiger partial charge in [-0.1, -0.05) is 13.8 Å². The van der Waals surface area contributed by atoms with Crippen molar-refractivity contribution in [2.45, 2.75) is 45.7 Å². The van der Waals surface area contributed by atoms with E-state index in [1.807, 2.05) is 0 Å². The molecule has 19 heavy (non-hydrogen) atoms. The molecule has 0 amide bonds.